The second-order valence-electron chi connectivity index (χ2n) is 0.618. The minimum Gasteiger partial charge on any atom is -0.0862 e. The molecule has 0 N–H and O–H groups in total. The predicted octanol–water partition coefficient (Wildman–Crippen LogP) is 1.44. The van der Waals surface area contributed by atoms with Crippen LogP contribution in [0, 0.1) is 0 Å². The van der Waals surface area contributed by atoms with Gasteiger partial charge in [-0.1, -0.05) is 18.3 Å². The van der Waals surface area contributed by atoms with E-state index in [-0.39, 0.29) is 0 Å². The minimum atomic E-state index is 1.69. The van der Waals surface area contributed by atoms with Crippen molar-refractivity contribution in [1.82, 2.24) is 0 Å². The van der Waals surface area contributed by atoms with E-state index in [1.165, 1.54) is 0 Å². The van der Waals surface area contributed by atoms with Crippen LogP contribution in [0.1, 0.15) is 6.92 Å². The summed E-state index contributed by atoms with van der Waals surface area (Å²) in [5.74, 6) is 0. The molecule has 0 bridgehead atoms. The van der Waals surface area contributed by atoms with Gasteiger partial charge in [-0.15, -0.1) is 0 Å². The molecule has 0 saturated heterocycles. The topological polar surface area (TPSA) is 0 Å². The molecule has 0 aliphatic heterocycles. The van der Waals surface area contributed by atoms with Crippen molar-refractivity contribution in [2.75, 3.05) is 0 Å². The first-order valence-electron chi connectivity index (χ1n) is 1.40. The minimum absolute atomic E-state index is 1.69. The third-order valence-electron chi connectivity index (χ3n) is 0.235. The number of thiocarbonyl (C=S) groups is 1. The lowest BCUT2D eigenvalue weighted by atomic mass is 10.6. The molecule has 0 heterocycles. The molecular formula is C4H5S. The summed E-state index contributed by atoms with van der Waals surface area (Å²) in [6, 6.07) is 0. The molecule has 0 aromatic rings. The van der Waals surface area contributed by atoms with Crippen LogP contribution in [0.2, 0.25) is 0 Å². The van der Waals surface area contributed by atoms with Gasteiger partial charge in [0.2, 0.25) is 0 Å². The standard InChI is InChI=1S/C4H5S/c1-2-3-4-5/h2-3H,1H3/b3-2-. The third kappa shape index (κ3) is 3.83. The molecule has 1 radical (unpaired) electrons. The molecule has 27 valence electrons. The Bertz CT molecular complexity index is 45.6. The van der Waals surface area contributed by atoms with Crippen molar-refractivity contribution in [3.63, 3.8) is 0 Å². The van der Waals surface area contributed by atoms with Gasteiger partial charge in [0.15, 0.2) is 0 Å². The highest BCUT2D eigenvalue weighted by Gasteiger charge is 1.46. The van der Waals surface area contributed by atoms with E-state index < -0.39 is 0 Å². The maximum absolute atomic E-state index is 4.31. The monoisotopic (exact) mass is 85.0 g/mol. The molecule has 0 aliphatic carbocycles. The summed E-state index contributed by atoms with van der Waals surface area (Å²) in [7, 11) is 0. The van der Waals surface area contributed by atoms with Crippen molar-refractivity contribution in [2.45, 2.75) is 6.92 Å². The van der Waals surface area contributed by atoms with Crippen LogP contribution in [0.3, 0.4) is 0 Å². The first-order valence-corrected chi connectivity index (χ1v) is 1.81. The van der Waals surface area contributed by atoms with Crippen LogP contribution in [-0.4, -0.2) is 5.37 Å². The Labute approximate surface area is 37.5 Å². The Morgan fingerprint density at radius 1 is 1.80 bits per heavy atom. The predicted molar refractivity (Wildman–Crippen MR) is 27.4 cm³/mol. The van der Waals surface area contributed by atoms with Gasteiger partial charge >= 0.3 is 0 Å². The Hall–Kier alpha value is -0.170. The van der Waals surface area contributed by atoms with E-state index in [2.05, 4.69) is 17.6 Å². The molecule has 0 saturated carbocycles. The van der Waals surface area contributed by atoms with Crippen molar-refractivity contribution in [3.8, 4) is 0 Å². The maximum atomic E-state index is 4.31. The third-order valence-corrected chi connectivity index (χ3v) is 0.371. The van der Waals surface area contributed by atoms with Crippen molar-refractivity contribution < 1.29 is 0 Å². The van der Waals surface area contributed by atoms with Crippen LogP contribution >= 0.6 is 12.2 Å². The molecule has 5 heavy (non-hydrogen) atoms. The fraction of sp³-hybridized carbons (Fsp3) is 0.250. The zero-order valence-corrected chi connectivity index (χ0v) is 3.88. The molecule has 0 aliphatic rings. The van der Waals surface area contributed by atoms with E-state index in [0.717, 1.165) is 0 Å². The average molecular weight is 85.2 g/mol. The van der Waals surface area contributed by atoms with Crippen molar-refractivity contribution in [2.24, 2.45) is 0 Å². The average Bonchev–Trinajstić information content (AvgIpc) is 1.41. The summed E-state index contributed by atoms with van der Waals surface area (Å²) in [5.41, 5.74) is 0. The van der Waals surface area contributed by atoms with Crippen molar-refractivity contribution >= 4 is 17.6 Å². The number of hydrogen-bond donors (Lipinski definition) is 0. The van der Waals surface area contributed by atoms with Crippen molar-refractivity contribution in [1.29, 1.82) is 0 Å². The lowest BCUT2D eigenvalue weighted by Gasteiger charge is -1.52. The van der Waals surface area contributed by atoms with Gasteiger partial charge in [-0.2, -0.15) is 0 Å². The normalized spacial score (nSPS) is 9.00. The highest BCUT2D eigenvalue weighted by atomic mass is 32.1. The van der Waals surface area contributed by atoms with E-state index >= 15 is 0 Å². The van der Waals surface area contributed by atoms with Gasteiger partial charge in [0.05, 0.1) is 5.37 Å². The van der Waals surface area contributed by atoms with Gasteiger partial charge in [0, 0.05) is 0 Å². The summed E-state index contributed by atoms with van der Waals surface area (Å²) in [6.45, 7) is 1.90. The van der Waals surface area contributed by atoms with Crippen LogP contribution in [0.25, 0.3) is 0 Å². The van der Waals surface area contributed by atoms with Gasteiger partial charge in [0.1, 0.15) is 0 Å². The second kappa shape index (κ2) is 3.83. The molecule has 0 atom stereocenters. The van der Waals surface area contributed by atoms with Crippen LogP contribution in [-0.2, 0) is 0 Å². The summed E-state index contributed by atoms with van der Waals surface area (Å²) < 4.78 is 0. The molecule has 0 aromatic carbocycles. The number of allylic oxidation sites excluding steroid dienone is 2. The smallest absolute Gasteiger partial charge is 0.0554 e. The van der Waals surface area contributed by atoms with Gasteiger partial charge in [-0.25, -0.2) is 0 Å². The molecule has 0 rings (SSSR count). The summed E-state index contributed by atoms with van der Waals surface area (Å²) in [4.78, 5) is 0. The van der Waals surface area contributed by atoms with Crippen molar-refractivity contribution in [3.05, 3.63) is 12.2 Å². The molecule has 0 unspecified atom stereocenters. The molecule has 0 aromatic heterocycles. The SMILES string of the molecule is C/C=C\[C]=S. The fourth-order valence-corrected chi connectivity index (χ4v) is 0.204. The van der Waals surface area contributed by atoms with Gasteiger partial charge in [-0.3, -0.25) is 0 Å². The molecule has 1 heteroatoms. The van der Waals surface area contributed by atoms with Crippen LogP contribution < -0.4 is 0 Å². The highest BCUT2D eigenvalue weighted by molar-refractivity contribution is 7.79. The molecular weight excluding hydrogens is 80.1 g/mol. The lowest BCUT2D eigenvalue weighted by molar-refractivity contribution is 1.78. The quantitative estimate of drug-likeness (QED) is 0.343. The van der Waals surface area contributed by atoms with Gasteiger partial charge in [0.25, 0.3) is 0 Å². The van der Waals surface area contributed by atoms with E-state index in [0.29, 0.717) is 0 Å². The Balaban J connectivity index is 2.92. The second-order valence-corrected chi connectivity index (χ2v) is 0.854. The highest BCUT2D eigenvalue weighted by Crippen LogP contribution is 1.59. The molecule has 0 fully saturated rings. The summed E-state index contributed by atoms with van der Waals surface area (Å²) >= 11 is 4.31. The number of rotatable bonds is 1. The lowest BCUT2D eigenvalue weighted by Crippen LogP contribution is -1.44. The number of hydrogen-bond acceptors (Lipinski definition) is 1. The Morgan fingerprint density at radius 3 is 2.40 bits per heavy atom. The zero-order valence-electron chi connectivity index (χ0n) is 3.06. The van der Waals surface area contributed by atoms with E-state index in [9.17, 15) is 0 Å². The van der Waals surface area contributed by atoms with E-state index in [1.807, 2.05) is 13.0 Å². The first-order chi connectivity index (χ1) is 2.41. The maximum Gasteiger partial charge on any atom is 0.0554 e. The summed E-state index contributed by atoms with van der Waals surface area (Å²) in [5, 5.41) is 2.42. The molecule has 0 nitrogen and oxygen atoms in total. The Kier molecular flexibility index (Phi) is 3.70. The van der Waals surface area contributed by atoms with E-state index in [1.54, 1.807) is 6.08 Å². The van der Waals surface area contributed by atoms with Gasteiger partial charge in [-0.05, 0) is 13.0 Å². The fourth-order valence-electron chi connectivity index (χ4n) is 0.0680. The summed E-state index contributed by atoms with van der Waals surface area (Å²) in [6.07, 6.45) is 3.53. The molecule has 0 spiro atoms. The van der Waals surface area contributed by atoms with Crippen LogP contribution in [0.4, 0.5) is 0 Å². The van der Waals surface area contributed by atoms with Crippen LogP contribution in [0.5, 0.6) is 0 Å². The zero-order chi connectivity index (χ0) is 4.12. The largest absolute Gasteiger partial charge is 0.0862 e. The molecule has 0 amide bonds. The van der Waals surface area contributed by atoms with E-state index in [4.69, 9.17) is 0 Å². The first kappa shape index (κ1) is 4.83. The Morgan fingerprint density at radius 2 is 2.40 bits per heavy atom. The van der Waals surface area contributed by atoms with Crippen LogP contribution in [0.15, 0.2) is 12.2 Å². The van der Waals surface area contributed by atoms with Gasteiger partial charge < -0.3 is 0 Å².